The number of phenols is 1. The second-order valence-electron chi connectivity index (χ2n) is 6.32. The third-order valence-corrected chi connectivity index (χ3v) is 4.49. The summed E-state index contributed by atoms with van der Waals surface area (Å²) in [5.74, 6) is 0.238. The van der Waals surface area contributed by atoms with Gasteiger partial charge in [0.25, 0.3) is 0 Å². The summed E-state index contributed by atoms with van der Waals surface area (Å²) < 4.78 is 0. The van der Waals surface area contributed by atoms with Crippen LogP contribution >= 0.6 is 17.0 Å². The van der Waals surface area contributed by atoms with E-state index in [9.17, 15) is 5.11 Å². The molecule has 0 heterocycles. The molecule has 1 N–H and O–H groups in total. The number of nitrogens with zero attached hydrogens (tertiary/aromatic N) is 1. The molecular formula is C25H19Cl2NOZr. The van der Waals surface area contributed by atoms with Gasteiger partial charge in [-0.2, -0.15) is 0 Å². The van der Waals surface area contributed by atoms with Gasteiger partial charge in [0, 0.05) is 17.3 Å². The van der Waals surface area contributed by atoms with Crippen molar-refractivity contribution < 1.29 is 26.0 Å². The van der Waals surface area contributed by atoms with Gasteiger partial charge in [0.2, 0.25) is 0 Å². The summed E-state index contributed by atoms with van der Waals surface area (Å²) in [6, 6.07) is 33.7. The van der Waals surface area contributed by atoms with E-state index in [1.807, 2.05) is 103 Å². The van der Waals surface area contributed by atoms with E-state index in [0.29, 0.717) is 5.56 Å². The molecule has 0 unspecified atom stereocenters. The average Bonchev–Trinajstić information content (AvgIpc) is 2.80. The van der Waals surface area contributed by atoms with Crippen LogP contribution in [0.15, 0.2) is 108 Å². The summed E-state index contributed by atoms with van der Waals surface area (Å²) >= 11 is -0.826. The monoisotopic (exact) mass is 509 g/mol. The van der Waals surface area contributed by atoms with Crippen LogP contribution in [0.25, 0.3) is 22.3 Å². The molecule has 5 heteroatoms. The van der Waals surface area contributed by atoms with Crippen molar-refractivity contribution in [2.75, 3.05) is 0 Å². The zero-order chi connectivity index (χ0) is 21.2. The first-order valence-corrected chi connectivity index (χ1v) is 15.6. The first kappa shape index (κ1) is 22.5. The minimum atomic E-state index is -0.826. The van der Waals surface area contributed by atoms with Crippen molar-refractivity contribution in [2.24, 2.45) is 4.99 Å². The summed E-state index contributed by atoms with van der Waals surface area (Å²) in [4.78, 5) is 4.57. The van der Waals surface area contributed by atoms with E-state index in [4.69, 9.17) is 17.0 Å². The van der Waals surface area contributed by atoms with Gasteiger partial charge in [0.15, 0.2) is 0 Å². The molecule has 4 aromatic carbocycles. The van der Waals surface area contributed by atoms with Gasteiger partial charge >= 0.3 is 37.9 Å². The van der Waals surface area contributed by atoms with E-state index >= 15 is 0 Å². The van der Waals surface area contributed by atoms with Gasteiger partial charge in [0.05, 0.1) is 5.69 Å². The SMILES string of the molecule is Oc1c(-c2ccccc2)ccc(-c2ccccc2)c1C=Nc1ccccc1.[Cl][Zr][Cl]. The summed E-state index contributed by atoms with van der Waals surface area (Å²) in [5, 5.41) is 11.1. The van der Waals surface area contributed by atoms with E-state index in [1.165, 1.54) is 0 Å². The Hall–Kier alpha value is -2.19. The number of halogens is 2. The van der Waals surface area contributed by atoms with Gasteiger partial charge in [-0.1, -0.05) is 84.9 Å². The first-order valence-electron chi connectivity index (χ1n) is 9.26. The van der Waals surface area contributed by atoms with Crippen molar-refractivity contribution in [3.05, 3.63) is 109 Å². The summed E-state index contributed by atoms with van der Waals surface area (Å²) in [7, 11) is 9.87. The molecule has 4 rings (SSSR count). The Morgan fingerprint density at radius 1 is 0.633 bits per heavy atom. The fourth-order valence-corrected chi connectivity index (χ4v) is 3.11. The minimum absolute atomic E-state index is 0.238. The van der Waals surface area contributed by atoms with E-state index in [2.05, 4.69) is 4.99 Å². The van der Waals surface area contributed by atoms with Crippen LogP contribution < -0.4 is 0 Å². The van der Waals surface area contributed by atoms with E-state index in [-0.39, 0.29) is 5.75 Å². The number of para-hydroxylation sites is 1. The number of phenolic OH excluding ortho intramolecular Hbond substituents is 1. The second kappa shape index (κ2) is 11.9. The van der Waals surface area contributed by atoms with Crippen molar-refractivity contribution in [1.29, 1.82) is 0 Å². The summed E-state index contributed by atoms with van der Waals surface area (Å²) in [5.41, 5.74) is 5.33. The van der Waals surface area contributed by atoms with Gasteiger partial charge in [-0.15, -0.1) is 0 Å². The van der Waals surface area contributed by atoms with E-state index in [1.54, 1.807) is 6.21 Å². The van der Waals surface area contributed by atoms with Crippen molar-refractivity contribution in [2.45, 2.75) is 0 Å². The van der Waals surface area contributed by atoms with Gasteiger partial charge in [0.1, 0.15) is 5.75 Å². The molecule has 148 valence electrons. The second-order valence-corrected chi connectivity index (χ2v) is 10.1. The molecule has 4 aromatic rings. The van der Waals surface area contributed by atoms with E-state index < -0.39 is 20.8 Å². The molecule has 0 amide bonds. The Labute approximate surface area is 195 Å². The first-order chi connectivity index (χ1) is 14.7. The number of aliphatic imine (C=N–C) groups is 1. The van der Waals surface area contributed by atoms with Gasteiger partial charge in [-0.05, 0) is 34.9 Å². The number of hydrogen-bond acceptors (Lipinski definition) is 2. The van der Waals surface area contributed by atoms with Crippen LogP contribution in [-0.2, 0) is 20.8 Å². The molecule has 30 heavy (non-hydrogen) atoms. The predicted molar refractivity (Wildman–Crippen MR) is 124 cm³/mol. The van der Waals surface area contributed by atoms with Gasteiger partial charge in [-0.3, -0.25) is 4.99 Å². The molecule has 0 saturated heterocycles. The number of hydrogen-bond donors (Lipinski definition) is 1. The van der Waals surface area contributed by atoms with Crippen molar-refractivity contribution >= 4 is 28.9 Å². The molecular weight excluding hydrogens is 492 g/mol. The van der Waals surface area contributed by atoms with Crippen LogP contribution in [0.5, 0.6) is 5.75 Å². The normalized spacial score (nSPS) is 10.3. The molecule has 0 radical (unpaired) electrons. The number of aromatic hydroxyl groups is 1. The molecule has 0 spiro atoms. The fourth-order valence-electron chi connectivity index (χ4n) is 3.11. The Morgan fingerprint density at radius 2 is 1.07 bits per heavy atom. The van der Waals surface area contributed by atoms with Crippen LogP contribution in [0.3, 0.4) is 0 Å². The van der Waals surface area contributed by atoms with Crippen LogP contribution in [-0.4, -0.2) is 11.3 Å². The van der Waals surface area contributed by atoms with Gasteiger partial charge < -0.3 is 5.11 Å². The quantitative estimate of drug-likeness (QED) is 0.278. The maximum atomic E-state index is 11.1. The van der Waals surface area contributed by atoms with Crippen molar-refractivity contribution in [3.63, 3.8) is 0 Å². The van der Waals surface area contributed by atoms with Crippen molar-refractivity contribution in [3.8, 4) is 28.0 Å². The van der Waals surface area contributed by atoms with Crippen LogP contribution in [0, 0.1) is 0 Å². The molecule has 0 aliphatic carbocycles. The average molecular weight is 512 g/mol. The third-order valence-electron chi connectivity index (χ3n) is 4.49. The molecule has 0 atom stereocenters. The Balaban J connectivity index is 0.000000806. The zero-order valence-corrected chi connectivity index (χ0v) is 20.0. The van der Waals surface area contributed by atoms with Crippen LogP contribution in [0.1, 0.15) is 5.56 Å². The number of rotatable bonds is 4. The summed E-state index contributed by atoms with van der Waals surface area (Å²) in [6.45, 7) is 0. The molecule has 0 saturated carbocycles. The molecule has 0 fully saturated rings. The van der Waals surface area contributed by atoms with Gasteiger partial charge in [-0.25, -0.2) is 0 Å². The molecule has 0 aliphatic rings. The zero-order valence-electron chi connectivity index (χ0n) is 16.0. The predicted octanol–water partition coefficient (Wildman–Crippen LogP) is 7.85. The molecule has 0 aliphatic heterocycles. The van der Waals surface area contributed by atoms with Crippen molar-refractivity contribution in [1.82, 2.24) is 0 Å². The Morgan fingerprint density at radius 3 is 1.60 bits per heavy atom. The summed E-state index contributed by atoms with van der Waals surface area (Å²) in [6.07, 6.45) is 1.75. The molecule has 2 nitrogen and oxygen atoms in total. The Kier molecular flexibility index (Phi) is 8.89. The number of benzene rings is 4. The molecule has 0 bridgehead atoms. The standard InChI is InChI=1S/C25H19NO.2ClH.Zr/c27-25-23(20-12-6-2-7-13-20)17-16-22(19-10-4-1-5-11-19)24(25)18-26-21-14-8-3-9-15-21;;;/h1-18,27H;2*1H;/q;;;+2/p-2. The maximum absolute atomic E-state index is 11.1. The third kappa shape index (κ3) is 5.92. The van der Waals surface area contributed by atoms with Crippen LogP contribution in [0.4, 0.5) is 5.69 Å². The topological polar surface area (TPSA) is 32.6 Å². The van der Waals surface area contributed by atoms with Crippen LogP contribution in [0.2, 0.25) is 0 Å². The van der Waals surface area contributed by atoms with E-state index in [0.717, 1.165) is 27.9 Å². The molecule has 0 aromatic heterocycles. The Bertz CT molecular complexity index is 1090. The fraction of sp³-hybridized carbons (Fsp3) is 0.